The maximum Gasteiger partial charge on any atom is 0.336 e. The number of hydrogen-bond acceptors (Lipinski definition) is 4. The summed E-state index contributed by atoms with van der Waals surface area (Å²) in [5, 5.41) is 10.2. The van der Waals surface area contributed by atoms with Crippen molar-refractivity contribution >= 4 is 22.8 Å². The summed E-state index contributed by atoms with van der Waals surface area (Å²) in [6.45, 7) is 3.19. The molecule has 6 heteroatoms. The van der Waals surface area contributed by atoms with E-state index in [1.807, 2.05) is 12.1 Å². The van der Waals surface area contributed by atoms with Crippen LogP contribution in [-0.4, -0.2) is 38.6 Å². The molecule has 1 fully saturated rings. The lowest BCUT2D eigenvalue weighted by atomic mass is 10.1. The average Bonchev–Trinajstić information content (AvgIpc) is 3.25. The van der Waals surface area contributed by atoms with Gasteiger partial charge in [-0.1, -0.05) is 6.07 Å². The van der Waals surface area contributed by atoms with Crippen LogP contribution in [0.15, 0.2) is 24.3 Å². The Morgan fingerprint density at radius 2 is 2.19 bits per heavy atom. The molecule has 6 nitrogen and oxygen atoms in total. The first-order chi connectivity index (χ1) is 12.6. The van der Waals surface area contributed by atoms with E-state index in [0.717, 1.165) is 59.7 Å². The van der Waals surface area contributed by atoms with Gasteiger partial charge < -0.3 is 15.0 Å². The summed E-state index contributed by atoms with van der Waals surface area (Å²) in [6.07, 6.45) is 4.23. The first-order valence-electron chi connectivity index (χ1n) is 9.13. The molecule has 0 bridgehead atoms. The first-order valence-corrected chi connectivity index (χ1v) is 9.13. The Labute approximate surface area is 150 Å². The summed E-state index contributed by atoms with van der Waals surface area (Å²) in [4.78, 5) is 26.9. The van der Waals surface area contributed by atoms with Crippen molar-refractivity contribution in [3.63, 3.8) is 0 Å². The molecule has 3 aromatic rings. The quantitative estimate of drug-likeness (QED) is 0.758. The normalized spacial score (nSPS) is 18.8. The molecule has 0 radical (unpaired) electrons. The van der Waals surface area contributed by atoms with Gasteiger partial charge in [0.25, 0.3) is 0 Å². The van der Waals surface area contributed by atoms with Crippen molar-refractivity contribution in [1.29, 1.82) is 0 Å². The summed E-state index contributed by atoms with van der Waals surface area (Å²) in [5.41, 5.74) is 5.28. The van der Waals surface area contributed by atoms with Crippen LogP contribution >= 0.6 is 0 Å². The van der Waals surface area contributed by atoms with E-state index in [1.165, 1.54) is 12.0 Å². The van der Waals surface area contributed by atoms with Gasteiger partial charge in [0.15, 0.2) is 0 Å². The predicted octanol–water partition coefficient (Wildman–Crippen LogP) is 3.41. The van der Waals surface area contributed by atoms with E-state index in [0.29, 0.717) is 11.6 Å². The van der Waals surface area contributed by atoms with Crippen molar-refractivity contribution in [3.05, 3.63) is 41.1 Å². The zero-order chi connectivity index (χ0) is 17.8. The van der Waals surface area contributed by atoms with Crippen molar-refractivity contribution in [2.75, 3.05) is 11.4 Å². The van der Waals surface area contributed by atoms with Gasteiger partial charge in [-0.15, -0.1) is 0 Å². The zero-order valence-corrected chi connectivity index (χ0v) is 14.6. The summed E-state index contributed by atoms with van der Waals surface area (Å²) >= 11 is 0. The molecule has 0 unspecified atom stereocenters. The highest BCUT2D eigenvalue weighted by Gasteiger charge is 2.29. The number of nitrogens with zero attached hydrogens (tertiary/aromatic N) is 3. The van der Waals surface area contributed by atoms with Gasteiger partial charge in [0.1, 0.15) is 0 Å². The standard InChI is InChI=1S/C20H20N4O2/c1-11-8-9-24(11)20-22-15-6-3-5-13(15)18(23-20)17-10-14-12(19(25)26)4-2-7-16(14)21-17/h2,4,7,10-11,21H,3,5-6,8-9H2,1H3,(H,25,26)/t11-/m0/s1. The minimum atomic E-state index is -0.913. The number of hydrogen-bond donors (Lipinski definition) is 2. The van der Waals surface area contributed by atoms with Crippen LogP contribution in [0.5, 0.6) is 0 Å². The Morgan fingerprint density at radius 1 is 1.31 bits per heavy atom. The van der Waals surface area contributed by atoms with Gasteiger partial charge in [0, 0.05) is 34.7 Å². The molecule has 132 valence electrons. The summed E-state index contributed by atoms with van der Waals surface area (Å²) in [6, 6.07) is 7.71. The summed E-state index contributed by atoms with van der Waals surface area (Å²) in [7, 11) is 0. The van der Waals surface area contributed by atoms with E-state index in [-0.39, 0.29) is 0 Å². The maximum atomic E-state index is 11.5. The lowest BCUT2D eigenvalue weighted by Gasteiger charge is -2.39. The molecule has 2 aromatic heterocycles. The molecule has 1 atom stereocenters. The van der Waals surface area contributed by atoms with Gasteiger partial charge >= 0.3 is 5.97 Å². The largest absolute Gasteiger partial charge is 0.478 e. The molecular formula is C20H20N4O2. The van der Waals surface area contributed by atoms with Gasteiger partial charge in [0.05, 0.1) is 17.0 Å². The molecule has 1 saturated heterocycles. The van der Waals surface area contributed by atoms with Crippen LogP contribution in [0.4, 0.5) is 5.95 Å². The van der Waals surface area contributed by atoms with Crippen LogP contribution in [0.1, 0.15) is 41.4 Å². The second-order valence-electron chi connectivity index (χ2n) is 7.24. The fourth-order valence-electron chi connectivity index (χ4n) is 4.05. The fraction of sp³-hybridized carbons (Fsp3) is 0.350. The van der Waals surface area contributed by atoms with Crippen molar-refractivity contribution in [1.82, 2.24) is 15.0 Å². The van der Waals surface area contributed by atoms with Gasteiger partial charge in [-0.2, -0.15) is 0 Å². The lowest BCUT2D eigenvalue weighted by Crippen LogP contribution is -2.46. The molecule has 26 heavy (non-hydrogen) atoms. The zero-order valence-electron chi connectivity index (χ0n) is 14.6. The van der Waals surface area contributed by atoms with Crippen LogP contribution in [-0.2, 0) is 12.8 Å². The Hall–Kier alpha value is -2.89. The lowest BCUT2D eigenvalue weighted by molar-refractivity contribution is 0.0699. The molecular weight excluding hydrogens is 328 g/mol. The summed E-state index contributed by atoms with van der Waals surface area (Å²) < 4.78 is 0. The third kappa shape index (κ3) is 2.21. The third-order valence-corrected chi connectivity index (χ3v) is 5.65. The number of H-pyrrole nitrogens is 1. The molecule has 1 aliphatic carbocycles. The monoisotopic (exact) mass is 348 g/mol. The number of carboxylic acid groups (broad SMARTS) is 1. The van der Waals surface area contributed by atoms with E-state index < -0.39 is 5.97 Å². The predicted molar refractivity (Wildman–Crippen MR) is 99.7 cm³/mol. The molecule has 5 rings (SSSR count). The number of carboxylic acids is 1. The second-order valence-corrected chi connectivity index (χ2v) is 7.24. The third-order valence-electron chi connectivity index (χ3n) is 5.65. The molecule has 0 spiro atoms. The highest BCUT2D eigenvalue weighted by atomic mass is 16.4. The average molecular weight is 348 g/mol. The van der Waals surface area contributed by atoms with Crippen molar-refractivity contribution in [3.8, 4) is 11.4 Å². The molecule has 1 aliphatic heterocycles. The number of nitrogens with one attached hydrogen (secondary N) is 1. The Kier molecular flexibility index (Phi) is 3.29. The number of rotatable bonds is 3. The van der Waals surface area contributed by atoms with E-state index in [1.54, 1.807) is 12.1 Å². The minimum Gasteiger partial charge on any atom is -0.478 e. The van der Waals surface area contributed by atoms with E-state index >= 15 is 0 Å². The van der Waals surface area contributed by atoms with Gasteiger partial charge in [-0.3, -0.25) is 0 Å². The number of anilines is 1. The Bertz CT molecular complexity index is 1040. The van der Waals surface area contributed by atoms with Crippen LogP contribution in [0.2, 0.25) is 0 Å². The van der Waals surface area contributed by atoms with Crippen molar-refractivity contribution < 1.29 is 9.90 Å². The van der Waals surface area contributed by atoms with Crippen molar-refractivity contribution in [2.45, 2.75) is 38.6 Å². The SMILES string of the molecule is C[C@H]1CCN1c1nc2c(c(-c3cc4c(C(=O)O)cccc4[nH]3)n1)CCC2. The minimum absolute atomic E-state index is 0.312. The van der Waals surface area contributed by atoms with E-state index in [2.05, 4.69) is 16.8 Å². The van der Waals surface area contributed by atoms with Crippen molar-refractivity contribution in [2.24, 2.45) is 0 Å². The molecule has 1 aromatic carbocycles. The van der Waals surface area contributed by atoms with Crippen LogP contribution < -0.4 is 4.90 Å². The number of carbonyl (C=O) groups is 1. The molecule has 3 heterocycles. The number of benzene rings is 1. The molecule has 0 amide bonds. The maximum absolute atomic E-state index is 11.5. The molecule has 2 aliphatic rings. The first kappa shape index (κ1) is 15.4. The number of aryl methyl sites for hydroxylation is 1. The number of aromatic carboxylic acids is 1. The van der Waals surface area contributed by atoms with Gasteiger partial charge in [-0.05, 0) is 50.8 Å². The number of aromatic nitrogens is 3. The number of fused-ring (bicyclic) bond motifs is 2. The fourth-order valence-corrected chi connectivity index (χ4v) is 4.05. The molecule has 0 saturated carbocycles. The van der Waals surface area contributed by atoms with E-state index in [4.69, 9.17) is 9.97 Å². The van der Waals surface area contributed by atoms with Gasteiger partial charge in [-0.25, -0.2) is 14.8 Å². The number of aromatic amines is 1. The Balaban J connectivity index is 1.69. The Morgan fingerprint density at radius 3 is 2.92 bits per heavy atom. The van der Waals surface area contributed by atoms with Crippen LogP contribution in [0.3, 0.4) is 0 Å². The highest BCUT2D eigenvalue weighted by Crippen LogP contribution is 2.35. The highest BCUT2D eigenvalue weighted by molar-refractivity contribution is 6.04. The summed E-state index contributed by atoms with van der Waals surface area (Å²) in [5.74, 6) is -0.110. The van der Waals surface area contributed by atoms with Crippen LogP contribution in [0, 0.1) is 0 Å². The van der Waals surface area contributed by atoms with E-state index in [9.17, 15) is 9.90 Å². The van der Waals surface area contributed by atoms with Crippen LogP contribution in [0.25, 0.3) is 22.3 Å². The smallest absolute Gasteiger partial charge is 0.336 e. The second kappa shape index (κ2) is 5.56. The van der Waals surface area contributed by atoms with Gasteiger partial charge in [0.2, 0.25) is 5.95 Å². The topological polar surface area (TPSA) is 82.1 Å². The molecule has 2 N–H and O–H groups in total.